The van der Waals surface area contributed by atoms with Gasteiger partial charge in [-0.3, -0.25) is 0 Å². The van der Waals surface area contributed by atoms with Crippen LogP contribution in [0.4, 0.5) is 0 Å². The first-order valence-corrected chi connectivity index (χ1v) is 8.21. The number of hydrogen-bond donors (Lipinski definition) is 0. The van der Waals surface area contributed by atoms with E-state index in [0.29, 0.717) is 22.3 Å². The Kier molecular flexibility index (Phi) is 4.91. The summed E-state index contributed by atoms with van der Waals surface area (Å²) < 4.78 is 18.5. The van der Waals surface area contributed by atoms with E-state index in [9.17, 15) is 0 Å². The molecule has 0 bridgehead atoms. The lowest BCUT2D eigenvalue weighted by atomic mass is 10.1. The smallest absolute Gasteiger partial charge is 0.203 e. The zero-order valence-electron chi connectivity index (χ0n) is 14.7. The minimum absolute atomic E-state index is 0.579. The van der Waals surface area contributed by atoms with Gasteiger partial charge in [0.2, 0.25) is 5.75 Å². The van der Waals surface area contributed by atoms with Gasteiger partial charge in [0.25, 0.3) is 0 Å². The van der Waals surface area contributed by atoms with Crippen LogP contribution in [0.5, 0.6) is 17.2 Å². The fraction of sp³-hybridized carbons (Fsp3) is 0.200. The molecule has 0 unspecified atom stereocenters. The number of aromatic nitrogens is 1. The highest BCUT2D eigenvalue weighted by Gasteiger charge is 2.17. The maximum atomic E-state index is 6.03. The van der Waals surface area contributed by atoms with Crippen LogP contribution in [0.25, 0.3) is 16.9 Å². The lowest BCUT2D eigenvalue weighted by Gasteiger charge is -2.16. The summed E-state index contributed by atoms with van der Waals surface area (Å²) in [6.07, 6.45) is 0. The van der Waals surface area contributed by atoms with Crippen LogP contribution >= 0.6 is 11.6 Å². The van der Waals surface area contributed by atoms with Gasteiger partial charge >= 0.3 is 0 Å². The van der Waals surface area contributed by atoms with E-state index in [4.69, 9.17) is 25.8 Å². The molecular weight excluding hydrogens is 338 g/mol. The number of aryl methyl sites for hydroxylation is 1. The molecule has 0 atom stereocenters. The Morgan fingerprint density at radius 3 is 1.92 bits per heavy atom. The minimum atomic E-state index is 0.579. The Labute approximate surface area is 152 Å². The van der Waals surface area contributed by atoms with E-state index >= 15 is 0 Å². The summed E-state index contributed by atoms with van der Waals surface area (Å²) in [4.78, 5) is 0. The number of benzene rings is 2. The maximum absolute atomic E-state index is 6.03. The zero-order chi connectivity index (χ0) is 18.0. The van der Waals surface area contributed by atoms with E-state index in [0.717, 1.165) is 22.6 Å². The standard InChI is InChI=1S/C20H20ClNO3/c1-13-5-10-17(22(13)16-8-6-15(21)7-9-16)14-11-18(23-2)20(25-4)19(12-14)24-3/h5-12H,1-4H3. The molecule has 1 aromatic heterocycles. The molecule has 0 fully saturated rings. The van der Waals surface area contributed by atoms with Gasteiger partial charge in [-0.15, -0.1) is 0 Å². The summed E-state index contributed by atoms with van der Waals surface area (Å²) in [7, 11) is 4.83. The molecule has 1 heterocycles. The van der Waals surface area contributed by atoms with Crippen molar-refractivity contribution in [3.8, 4) is 34.2 Å². The average Bonchev–Trinajstić information content (AvgIpc) is 3.02. The third-order valence-electron chi connectivity index (χ3n) is 4.12. The Morgan fingerprint density at radius 1 is 0.800 bits per heavy atom. The highest BCUT2D eigenvalue weighted by atomic mass is 35.5. The lowest BCUT2D eigenvalue weighted by molar-refractivity contribution is 0.324. The van der Waals surface area contributed by atoms with Crippen LogP contribution in [0.1, 0.15) is 5.69 Å². The molecule has 0 radical (unpaired) electrons. The summed E-state index contributed by atoms with van der Waals surface area (Å²) in [5.74, 6) is 1.83. The molecule has 2 aromatic carbocycles. The van der Waals surface area contributed by atoms with E-state index in [1.54, 1.807) is 21.3 Å². The minimum Gasteiger partial charge on any atom is -0.493 e. The van der Waals surface area contributed by atoms with Crippen molar-refractivity contribution >= 4 is 11.6 Å². The van der Waals surface area contributed by atoms with Gasteiger partial charge in [-0.1, -0.05) is 11.6 Å². The van der Waals surface area contributed by atoms with Crippen molar-refractivity contribution in [2.24, 2.45) is 0 Å². The molecule has 25 heavy (non-hydrogen) atoms. The maximum Gasteiger partial charge on any atom is 0.203 e. The van der Waals surface area contributed by atoms with Crippen molar-refractivity contribution in [3.05, 3.63) is 59.2 Å². The Bertz CT molecular complexity index is 859. The second-order valence-electron chi connectivity index (χ2n) is 5.59. The van der Waals surface area contributed by atoms with Gasteiger partial charge in [0.15, 0.2) is 11.5 Å². The summed E-state index contributed by atoms with van der Waals surface area (Å²) in [5.41, 5.74) is 4.15. The first-order valence-electron chi connectivity index (χ1n) is 7.83. The first-order chi connectivity index (χ1) is 12.1. The van der Waals surface area contributed by atoms with Gasteiger partial charge in [0.05, 0.1) is 27.0 Å². The molecule has 130 valence electrons. The SMILES string of the molecule is COc1cc(-c2ccc(C)n2-c2ccc(Cl)cc2)cc(OC)c1OC. The Hall–Kier alpha value is -2.59. The fourth-order valence-electron chi connectivity index (χ4n) is 2.93. The van der Waals surface area contributed by atoms with E-state index in [-0.39, 0.29) is 0 Å². The van der Waals surface area contributed by atoms with Crippen LogP contribution in [0, 0.1) is 6.92 Å². The molecule has 4 nitrogen and oxygen atoms in total. The highest BCUT2D eigenvalue weighted by Crippen LogP contribution is 2.42. The van der Waals surface area contributed by atoms with E-state index in [2.05, 4.69) is 23.6 Å². The van der Waals surface area contributed by atoms with Crippen LogP contribution in [0.15, 0.2) is 48.5 Å². The van der Waals surface area contributed by atoms with Crippen molar-refractivity contribution in [2.75, 3.05) is 21.3 Å². The second kappa shape index (κ2) is 7.11. The summed E-state index contributed by atoms with van der Waals surface area (Å²) in [6.45, 7) is 2.07. The molecule has 0 amide bonds. The van der Waals surface area contributed by atoms with E-state index in [1.807, 2.05) is 36.4 Å². The molecule has 0 aliphatic rings. The summed E-state index contributed by atoms with van der Waals surface area (Å²) in [5, 5.41) is 0.711. The van der Waals surface area contributed by atoms with Crippen molar-refractivity contribution in [3.63, 3.8) is 0 Å². The number of halogens is 1. The van der Waals surface area contributed by atoms with Crippen molar-refractivity contribution in [1.82, 2.24) is 4.57 Å². The zero-order valence-corrected chi connectivity index (χ0v) is 15.4. The van der Waals surface area contributed by atoms with Gasteiger partial charge in [0, 0.05) is 22.0 Å². The summed E-state index contributed by atoms with van der Waals surface area (Å²) in [6, 6.07) is 15.8. The molecule has 3 rings (SSSR count). The number of methoxy groups -OCH3 is 3. The molecule has 0 saturated heterocycles. The average molecular weight is 358 g/mol. The number of nitrogens with zero attached hydrogens (tertiary/aromatic N) is 1. The van der Waals surface area contributed by atoms with Gasteiger partial charge in [-0.2, -0.15) is 0 Å². The Morgan fingerprint density at radius 2 is 1.40 bits per heavy atom. The molecule has 0 spiro atoms. The van der Waals surface area contributed by atoms with Gasteiger partial charge in [0.1, 0.15) is 0 Å². The molecule has 0 saturated carbocycles. The van der Waals surface area contributed by atoms with Crippen molar-refractivity contribution in [2.45, 2.75) is 6.92 Å². The fourth-order valence-corrected chi connectivity index (χ4v) is 3.05. The number of hydrogen-bond acceptors (Lipinski definition) is 3. The van der Waals surface area contributed by atoms with E-state index in [1.165, 1.54) is 0 Å². The highest BCUT2D eigenvalue weighted by molar-refractivity contribution is 6.30. The molecule has 5 heteroatoms. The van der Waals surface area contributed by atoms with Gasteiger partial charge < -0.3 is 18.8 Å². The van der Waals surface area contributed by atoms with Crippen molar-refractivity contribution < 1.29 is 14.2 Å². The Balaban J connectivity index is 2.19. The van der Waals surface area contributed by atoms with Crippen LogP contribution in [0.3, 0.4) is 0 Å². The predicted octanol–water partition coefficient (Wildman–Crippen LogP) is 5.13. The van der Waals surface area contributed by atoms with Crippen molar-refractivity contribution in [1.29, 1.82) is 0 Å². The first kappa shape index (κ1) is 17.2. The molecule has 3 aromatic rings. The summed E-state index contributed by atoms with van der Waals surface area (Å²) >= 11 is 6.03. The third-order valence-corrected chi connectivity index (χ3v) is 4.37. The topological polar surface area (TPSA) is 32.6 Å². The monoisotopic (exact) mass is 357 g/mol. The number of ether oxygens (including phenoxy) is 3. The predicted molar refractivity (Wildman–Crippen MR) is 101 cm³/mol. The largest absolute Gasteiger partial charge is 0.493 e. The quantitative estimate of drug-likeness (QED) is 0.634. The van der Waals surface area contributed by atoms with Crippen LogP contribution in [-0.4, -0.2) is 25.9 Å². The third kappa shape index (κ3) is 3.17. The van der Waals surface area contributed by atoms with E-state index < -0.39 is 0 Å². The van der Waals surface area contributed by atoms with Crippen LogP contribution in [0.2, 0.25) is 5.02 Å². The molecule has 0 aliphatic carbocycles. The molecule has 0 N–H and O–H groups in total. The second-order valence-corrected chi connectivity index (χ2v) is 6.02. The molecular formula is C20H20ClNO3. The van der Waals surface area contributed by atoms with Crippen LogP contribution < -0.4 is 14.2 Å². The normalized spacial score (nSPS) is 10.6. The van der Waals surface area contributed by atoms with Gasteiger partial charge in [-0.05, 0) is 55.5 Å². The molecule has 0 aliphatic heterocycles. The van der Waals surface area contributed by atoms with Crippen LogP contribution in [-0.2, 0) is 0 Å². The van der Waals surface area contributed by atoms with Gasteiger partial charge in [-0.25, -0.2) is 0 Å². The lowest BCUT2D eigenvalue weighted by Crippen LogP contribution is -2.00. The number of rotatable bonds is 5.